The van der Waals surface area contributed by atoms with Crippen LogP contribution in [0.25, 0.3) is 11.4 Å². The topological polar surface area (TPSA) is 277 Å². The molecule has 0 spiro atoms. The lowest BCUT2D eigenvalue weighted by atomic mass is 9.81. The van der Waals surface area contributed by atoms with Crippen molar-refractivity contribution in [1.82, 2.24) is 25.1 Å². The Morgan fingerprint density at radius 2 is 1.98 bits per heavy atom. The lowest BCUT2D eigenvalue weighted by molar-refractivity contribution is -0.719. The predicted molar refractivity (Wildman–Crippen MR) is 189 cm³/mol. The fourth-order valence-corrected chi connectivity index (χ4v) is 9.29. The van der Waals surface area contributed by atoms with Gasteiger partial charge in [-0.25, -0.2) is 14.6 Å². The zero-order valence-electron chi connectivity index (χ0n) is 26.5. The average molecular weight is 802 g/mol. The van der Waals surface area contributed by atoms with Gasteiger partial charge in [0.25, 0.3) is 17.9 Å². The maximum absolute atomic E-state index is 13.6. The molecule has 7 N–H and O–H groups in total. The van der Waals surface area contributed by atoms with Gasteiger partial charge in [-0.2, -0.15) is 34.6 Å². The van der Waals surface area contributed by atoms with Crippen LogP contribution in [-0.4, -0.2) is 92.2 Å². The first kappa shape index (κ1) is 35.9. The van der Waals surface area contributed by atoms with Gasteiger partial charge in [0.15, 0.2) is 41.4 Å². The molecule has 19 nitrogen and oxygen atoms in total. The lowest BCUT2D eigenvalue weighted by Crippen LogP contribution is -2.71. The van der Waals surface area contributed by atoms with Crippen LogP contribution < -0.4 is 21.0 Å². The number of β-lactam (4-membered cyclic amide) rings is 1. The molecule has 1 saturated heterocycles. The van der Waals surface area contributed by atoms with Crippen LogP contribution in [-0.2, 0) is 35.4 Å². The van der Waals surface area contributed by atoms with E-state index in [2.05, 4.69) is 20.6 Å². The zero-order valence-corrected chi connectivity index (χ0v) is 29.9. The summed E-state index contributed by atoms with van der Waals surface area (Å²) in [5, 5.41) is 49.8. The third-order valence-electron chi connectivity index (χ3n) is 8.67. The van der Waals surface area contributed by atoms with E-state index in [0.717, 1.165) is 40.3 Å². The smallest absolute Gasteiger partial charge is 0.375 e. The number of carboxylic acid groups (broad SMARTS) is 2. The van der Waals surface area contributed by atoms with Crippen LogP contribution in [0.5, 0.6) is 5.75 Å². The fourth-order valence-electron chi connectivity index (χ4n) is 6.18. The molecule has 53 heavy (non-hydrogen) atoms. The molecule has 0 aromatic carbocycles. The number of nitrogen functional groups attached to an aromatic ring is 1. The van der Waals surface area contributed by atoms with E-state index in [4.69, 9.17) is 40.4 Å². The lowest BCUT2D eigenvalue weighted by Gasteiger charge is -2.51. The number of anilines is 1. The third kappa shape index (κ3) is 6.03. The Morgan fingerprint density at radius 1 is 1.25 bits per heavy atom. The molecule has 1 fully saturated rings. The van der Waals surface area contributed by atoms with E-state index in [9.17, 15) is 44.5 Å². The number of hydrogen-bond acceptors (Lipinski definition) is 17. The van der Waals surface area contributed by atoms with Gasteiger partial charge in [-0.3, -0.25) is 19.3 Å². The number of aliphatic carboxylic acids is 2. The summed E-state index contributed by atoms with van der Waals surface area (Å²) in [4.78, 5) is 74.5. The van der Waals surface area contributed by atoms with Gasteiger partial charge in [-0.05, 0) is 11.1 Å². The second-order valence-electron chi connectivity index (χ2n) is 11.8. The number of fused-ring (bicyclic) bond motifs is 4. The van der Waals surface area contributed by atoms with Crippen LogP contribution in [0.3, 0.4) is 0 Å². The standard InChI is InChI=1S/C30H24N8O11S4/c31-29-32-15(10-53-29)19(35-48-8-12-5-14(34-49-12)16-6-17(39)18(40)7-37(16)47)24(41)33-20-25(42)38-21(27(43)44)13(9-52-26(20)38)23(50)30(51)11-1-3-36(4-2-11)22(30)28(45)46/h1-7,10,20,22-23,26,47H,8-9H2,(H7-,31,32,33,40,41,43,44,45,46,50,51)/p+1/b35-19-/t20-,22-,23-,26-,30-/m1/s1. The molecule has 4 aliphatic rings. The molecule has 0 saturated carbocycles. The highest BCUT2D eigenvalue weighted by Crippen LogP contribution is 2.51. The van der Waals surface area contributed by atoms with Crippen molar-refractivity contribution in [2.75, 3.05) is 11.5 Å². The van der Waals surface area contributed by atoms with E-state index < -0.39 is 69.0 Å². The number of thioether (sulfide) groups is 1. The largest absolute Gasteiger partial charge is 0.503 e. The van der Waals surface area contributed by atoms with Crippen molar-refractivity contribution in [1.29, 1.82) is 0 Å². The predicted octanol–water partition coefficient (Wildman–Crippen LogP) is 0.195. The quantitative estimate of drug-likeness (QED) is 0.0251. The average Bonchev–Trinajstić information content (AvgIpc) is 3.78. The molecule has 0 unspecified atom stereocenters. The van der Waals surface area contributed by atoms with Crippen LogP contribution in [0, 0.1) is 0 Å². The van der Waals surface area contributed by atoms with Crippen LogP contribution in [0.1, 0.15) is 23.1 Å². The van der Waals surface area contributed by atoms with Gasteiger partial charge in [-0.15, -0.1) is 23.1 Å². The molecular formula is C30H25N8O11S4+. The Morgan fingerprint density at radius 3 is 2.64 bits per heavy atom. The highest BCUT2D eigenvalue weighted by atomic mass is 32.2. The number of aromatic hydroxyl groups is 1. The van der Waals surface area contributed by atoms with Crippen LogP contribution in [0.15, 0.2) is 74.0 Å². The zero-order chi connectivity index (χ0) is 37.9. The fraction of sp³-hybridized carbons (Fsp3) is 0.233. The van der Waals surface area contributed by atoms with Gasteiger partial charge in [0.2, 0.25) is 5.43 Å². The van der Waals surface area contributed by atoms with Gasteiger partial charge in [0, 0.05) is 35.4 Å². The Bertz CT molecular complexity index is 2320. The highest BCUT2D eigenvalue weighted by molar-refractivity contribution is 8.00. The Balaban J connectivity index is 1.09. The SMILES string of the molecule is Nc1nc(/C(=N/OCc2cc(-c3cc(=O)c(O)cn3O)no2)C(=O)N[C@@H]2C(=O)N3C(C(=O)O)=C([C@@H](S)[C@@]4(S)c5cc[n+](cc5)[C@@H]4C(=O)O)CS[C@H]23)cs1. The van der Waals surface area contributed by atoms with E-state index in [1.54, 1.807) is 24.5 Å². The molecule has 8 heterocycles. The summed E-state index contributed by atoms with van der Waals surface area (Å²) in [6, 6.07) is 3.17. The number of thiazole rings is 1. The maximum Gasteiger partial charge on any atom is 0.375 e. The Kier molecular flexibility index (Phi) is 9.12. The van der Waals surface area contributed by atoms with E-state index >= 15 is 0 Å². The molecular weight excluding hydrogens is 777 g/mol. The van der Waals surface area contributed by atoms with Gasteiger partial charge >= 0.3 is 11.9 Å². The van der Waals surface area contributed by atoms with E-state index in [-0.39, 0.29) is 50.7 Å². The summed E-state index contributed by atoms with van der Waals surface area (Å²) in [6.45, 7) is -0.399. The number of rotatable bonds is 11. The van der Waals surface area contributed by atoms with Gasteiger partial charge in [0.1, 0.15) is 38.9 Å². The number of hydrogen-bond donors (Lipinski definition) is 8. The van der Waals surface area contributed by atoms with Crippen molar-refractivity contribution in [2.45, 2.75) is 34.1 Å². The van der Waals surface area contributed by atoms with Gasteiger partial charge < -0.3 is 40.9 Å². The monoisotopic (exact) mass is 801 g/mol. The number of thiol groups is 2. The molecule has 2 bridgehead atoms. The number of aromatic nitrogens is 4. The van der Waals surface area contributed by atoms with Crippen LogP contribution in [0.2, 0.25) is 0 Å². The summed E-state index contributed by atoms with van der Waals surface area (Å²) >= 11 is 11.7. The first-order chi connectivity index (χ1) is 25.2. The number of pyridine rings is 2. The van der Waals surface area contributed by atoms with Gasteiger partial charge in [-0.1, -0.05) is 10.3 Å². The second-order valence-corrected chi connectivity index (χ2v) is 15.0. The molecule has 4 aliphatic heterocycles. The molecule has 274 valence electrons. The molecule has 0 radical (unpaired) electrons. The van der Waals surface area contributed by atoms with E-state index in [1.165, 1.54) is 16.0 Å². The third-order valence-corrected chi connectivity index (χ3v) is 12.3. The summed E-state index contributed by atoms with van der Waals surface area (Å²) in [6.07, 6.45) is 3.94. The molecule has 2 amide bonds. The van der Waals surface area contributed by atoms with Crippen molar-refractivity contribution in [3.63, 3.8) is 0 Å². The van der Waals surface area contributed by atoms with Crippen LogP contribution >= 0.6 is 48.4 Å². The summed E-state index contributed by atoms with van der Waals surface area (Å²) in [5.74, 6) is -4.91. The number of carboxylic acids is 2. The number of nitrogens with one attached hydrogen (secondary N) is 1. The number of carbonyl (C=O) groups excluding carboxylic acids is 2. The van der Waals surface area contributed by atoms with Gasteiger partial charge in [0.05, 0.1) is 11.4 Å². The Labute approximate surface area is 315 Å². The molecule has 8 rings (SSSR count). The summed E-state index contributed by atoms with van der Waals surface area (Å²) < 4.78 is 5.62. The minimum absolute atomic E-state index is 0.00748. The maximum atomic E-state index is 13.6. The molecule has 4 aromatic heterocycles. The number of carbonyl (C=O) groups is 4. The van der Waals surface area contributed by atoms with Crippen molar-refractivity contribution in [3.05, 3.63) is 86.7 Å². The molecule has 4 aromatic rings. The number of amides is 2. The first-order valence-electron chi connectivity index (χ1n) is 15.1. The summed E-state index contributed by atoms with van der Waals surface area (Å²) in [5.41, 5.74) is 4.87. The van der Waals surface area contributed by atoms with E-state index in [1.807, 2.05) is 0 Å². The highest BCUT2D eigenvalue weighted by Gasteiger charge is 2.60. The van der Waals surface area contributed by atoms with Crippen molar-refractivity contribution < 1.29 is 53.6 Å². The van der Waals surface area contributed by atoms with Crippen molar-refractivity contribution >= 4 is 83.0 Å². The van der Waals surface area contributed by atoms with Crippen molar-refractivity contribution in [3.8, 4) is 17.1 Å². The first-order valence-corrected chi connectivity index (χ1v) is 18.0. The van der Waals surface area contributed by atoms with E-state index in [0.29, 0.717) is 10.3 Å². The minimum atomic E-state index is -1.47. The van der Waals surface area contributed by atoms with Crippen molar-refractivity contribution in [2.24, 2.45) is 5.16 Å². The molecule has 0 aliphatic carbocycles. The Hall–Kier alpha value is -5.52. The van der Waals surface area contributed by atoms with Crippen LogP contribution in [0.4, 0.5) is 5.13 Å². The summed E-state index contributed by atoms with van der Waals surface area (Å²) in [7, 11) is 0. The number of oxime groups is 1. The normalized spacial score (nSPS) is 22.6. The second kappa shape index (κ2) is 13.5. The molecule has 23 heteroatoms. The minimum Gasteiger partial charge on any atom is -0.503 e. The molecule has 5 atom stereocenters. The number of nitrogens with two attached hydrogens (primary N) is 1. The number of nitrogens with zero attached hydrogens (tertiary/aromatic N) is 6.